The third-order valence-electron chi connectivity index (χ3n) is 4.73. The molecule has 0 aromatic heterocycles. The van der Waals surface area contributed by atoms with E-state index < -0.39 is 29.2 Å². The van der Waals surface area contributed by atoms with Gasteiger partial charge in [-0.1, -0.05) is 17.7 Å². The van der Waals surface area contributed by atoms with Gasteiger partial charge in [-0.3, -0.25) is 24.5 Å². The quantitative estimate of drug-likeness (QED) is 0.309. The normalized spacial score (nSPS) is 16.0. The lowest BCUT2D eigenvalue weighted by atomic mass is 10.1. The molecule has 0 radical (unpaired) electrons. The van der Waals surface area contributed by atoms with Crippen LogP contribution in [0.25, 0.3) is 0 Å². The summed E-state index contributed by atoms with van der Waals surface area (Å²) in [6.07, 6.45) is -0.0174. The number of carbonyl (C=O) groups is 3. The standard InChI is InChI=1S/C20H17ClN2O6/c1-12-16(21)3-2-4-17(12)22-10-14(9-19(22)25)20(26)29-11-18(24)13-5-7-15(8-6-13)23(27)28/h2-8,14H,9-11H2,1H3/t14-/m1/s1. The number of carbonyl (C=O) groups excluding carboxylic acids is 3. The predicted octanol–water partition coefficient (Wildman–Crippen LogP) is 3.34. The van der Waals surface area contributed by atoms with E-state index in [0.717, 1.165) is 5.56 Å². The van der Waals surface area contributed by atoms with Gasteiger partial charge in [0.25, 0.3) is 5.69 Å². The van der Waals surface area contributed by atoms with E-state index in [1.807, 2.05) is 0 Å². The Morgan fingerprint density at radius 3 is 2.59 bits per heavy atom. The summed E-state index contributed by atoms with van der Waals surface area (Å²) in [6.45, 7) is 1.43. The van der Waals surface area contributed by atoms with Gasteiger partial charge >= 0.3 is 5.97 Å². The molecule has 9 heteroatoms. The summed E-state index contributed by atoms with van der Waals surface area (Å²) < 4.78 is 5.08. The highest BCUT2D eigenvalue weighted by atomic mass is 35.5. The first-order valence-electron chi connectivity index (χ1n) is 8.77. The van der Waals surface area contributed by atoms with Gasteiger partial charge in [-0.2, -0.15) is 0 Å². The Bertz CT molecular complexity index is 989. The number of Topliss-reactive ketones (excluding diaryl/α,β-unsaturated/α-hetero) is 1. The summed E-state index contributed by atoms with van der Waals surface area (Å²) in [5.74, 6) is -2.04. The van der Waals surface area contributed by atoms with Crippen LogP contribution in [0.1, 0.15) is 22.3 Å². The molecule has 1 amide bonds. The fourth-order valence-electron chi connectivity index (χ4n) is 3.09. The lowest BCUT2D eigenvalue weighted by molar-refractivity contribution is -0.384. The minimum atomic E-state index is -0.689. The van der Waals surface area contributed by atoms with E-state index in [9.17, 15) is 24.5 Å². The van der Waals surface area contributed by atoms with Gasteiger partial charge in [-0.15, -0.1) is 0 Å². The molecule has 29 heavy (non-hydrogen) atoms. The lowest BCUT2D eigenvalue weighted by Crippen LogP contribution is -2.27. The number of rotatable bonds is 6. The Hall–Kier alpha value is -3.26. The number of non-ortho nitro benzene ring substituents is 1. The van der Waals surface area contributed by atoms with Crippen LogP contribution in [-0.2, 0) is 14.3 Å². The molecule has 1 aliphatic rings. The molecule has 3 rings (SSSR count). The number of amides is 1. The SMILES string of the molecule is Cc1c(Cl)cccc1N1C[C@H](C(=O)OCC(=O)c2ccc([N+](=O)[O-])cc2)CC1=O. The van der Waals surface area contributed by atoms with Crippen molar-refractivity contribution in [2.45, 2.75) is 13.3 Å². The van der Waals surface area contributed by atoms with Gasteiger partial charge < -0.3 is 9.64 Å². The predicted molar refractivity (Wildman–Crippen MR) is 105 cm³/mol. The summed E-state index contributed by atoms with van der Waals surface area (Å²) in [5, 5.41) is 11.2. The minimum absolute atomic E-state index is 0.0174. The average molecular weight is 417 g/mol. The van der Waals surface area contributed by atoms with Crippen LogP contribution >= 0.6 is 11.6 Å². The van der Waals surface area contributed by atoms with Gasteiger partial charge in [0.2, 0.25) is 5.91 Å². The molecule has 0 bridgehead atoms. The van der Waals surface area contributed by atoms with Crippen LogP contribution in [0.3, 0.4) is 0 Å². The maximum absolute atomic E-state index is 12.4. The Labute approximate surface area is 171 Å². The van der Waals surface area contributed by atoms with Crippen molar-refractivity contribution in [1.82, 2.24) is 0 Å². The molecule has 0 saturated carbocycles. The Morgan fingerprint density at radius 1 is 1.24 bits per heavy atom. The molecule has 150 valence electrons. The van der Waals surface area contributed by atoms with Crippen LogP contribution in [0.15, 0.2) is 42.5 Å². The molecule has 2 aromatic rings. The van der Waals surface area contributed by atoms with Crippen molar-refractivity contribution < 1.29 is 24.0 Å². The second-order valence-electron chi connectivity index (χ2n) is 6.62. The molecule has 1 atom stereocenters. The van der Waals surface area contributed by atoms with Crippen LogP contribution in [0.5, 0.6) is 0 Å². The maximum Gasteiger partial charge on any atom is 0.311 e. The number of nitrogens with zero attached hydrogens (tertiary/aromatic N) is 2. The van der Waals surface area contributed by atoms with Gasteiger partial charge in [0.15, 0.2) is 12.4 Å². The lowest BCUT2D eigenvalue weighted by Gasteiger charge is -2.19. The van der Waals surface area contributed by atoms with Crippen LogP contribution < -0.4 is 4.90 Å². The van der Waals surface area contributed by atoms with Crippen LogP contribution in [0, 0.1) is 23.0 Å². The fraction of sp³-hybridized carbons (Fsp3) is 0.250. The van der Waals surface area contributed by atoms with Crippen molar-refractivity contribution in [3.63, 3.8) is 0 Å². The molecule has 1 heterocycles. The molecule has 0 aliphatic carbocycles. The molecule has 2 aromatic carbocycles. The van der Waals surface area contributed by atoms with Crippen molar-refractivity contribution in [2.24, 2.45) is 5.92 Å². The zero-order valence-electron chi connectivity index (χ0n) is 15.5. The Balaban J connectivity index is 1.60. The highest BCUT2D eigenvalue weighted by Gasteiger charge is 2.37. The number of esters is 1. The van der Waals surface area contributed by atoms with E-state index in [1.54, 1.807) is 25.1 Å². The number of ether oxygens (including phenoxy) is 1. The smallest absolute Gasteiger partial charge is 0.311 e. The van der Waals surface area contributed by atoms with Gasteiger partial charge in [0, 0.05) is 41.4 Å². The molecular weight excluding hydrogens is 400 g/mol. The van der Waals surface area contributed by atoms with E-state index in [0.29, 0.717) is 10.7 Å². The number of hydrogen-bond acceptors (Lipinski definition) is 6. The van der Waals surface area contributed by atoms with Gasteiger partial charge in [0.1, 0.15) is 0 Å². The first-order chi connectivity index (χ1) is 13.8. The highest BCUT2D eigenvalue weighted by molar-refractivity contribution is 6.31. The number of nitro benzene ring substituents is 1. The number of hydrogen-bond donors (Lipinski definition) is 0. The first kappa shape index (κ1) is 20.5. The first-order valence-corrected chi connectivity index (χ1v) is 9.15. The van der Waals surface area contributed by atoms with E-state index >= 15 is 0 Å². The average Bonchev–Trinajstić information content (AvgIpc) is 3.09. The van der Waals surface area contributed by atoms with Crippen LogP contribution in [0.4, 0.5) is 11.4 Å². The van der Waals surface area contributed by atoms with E-state index in [4.69, 9.17) is 16.3 Å². The summed E-state index contributed by atoms with van der Waals surface area (Å²) in [4.78, 5) is 48.4. The highest BCUT2D eigenvalue weighted by Crippen LogP contribution is 2.31. The second-order valence-corrected chi connectivity index (χ2v) is 7.03. The number of benzene rings is 2. The monoisotopic (exact) mass is 416 g/mol. The topological polar surface area (TPSA) is 107 Å². The maximum atomic E-state index is 12.4. The van der Waals surface area contributed by atoms with Crippen molar-refractivity contribution in [1.29, 1.82) is 0 Å². The van der Waals surface area contributed by atoms with Crippen LogP contribution in [-0.4, -0.2) is 35.7 Å². The minimum Gasteiger partial charge on any atom is -0.457 e. The number of anilines is 1. The summed E-state index contributed by atoms with van der Waals surface area (Å²) in [6, 6.07) is 10.2. The molecule has 1 fully saturated rings. The van der Waals surface area contributed by atoms with E-state index in [-0.39, 0.29) is 30.1 Å². The summed E-state index contributed by atoms with van der Waals surface area (Å²) in [5.41, 5.74) is 1.44. The van der Waals surface area contributed by atoms with E-state index in [1.165, 1.54) is 29.2 Å². The van der Waals surface area contributed by atoms with Crippen molar-refractivity contribution in [2.75, 3.05) is 18.1 Å². The third kappa shape index (κ3) is 4.43. The number of halogens is 1. The number of ketones is 1. The summed E-state index contributed by atoms with van der Waals surface area (Å²) in [7, 11) is 0. The summed E-state index contributed by atoms with van der Waals surface area (Å²) >= 11 is 6.10. The molecule has 1 aliphatic heterocycles. The molecular formula is C20H17ClN2O6. The molecule has 0 unspecified atom stereocenters. The van der Waals surface area contributed by atoms with Crippen LogP contribution in [0.2, 0.25) is 5.02 Å². The second kappa shape index (κ2) is 8.40. The zero-order chi connectivity index (χ0) is 21.1. The molecule has 0 spiro atoms. The zero-order valence-corrected chi connectivity index (χ0v) is 16.2. The van der Waals surface area contributed by atoms with Crippen molar-refractivity contribution in [3.05, 3.63) is 68.7 Å². The Morgan fingerprint density at radius 2 is 1.93 bits per heavy atom. The number of nitro groups is 1. The van der Waals surface area contributed by atoms with E-state index in [2.05, 4.69) is 0 Å². The molecule has 0 N–H and O–H groups in total. The Kier molecular flexibility index (Phi) is 5.93. The van der Waals surface area contributed by atoms with Gasteiger partial charge in [-0.25, -0.2) is 0 Å². The molecule has 1 saturated heterocycles. The van der Waals surface area contributed by atoms with Crippen molar-refractivity contribution in [3.8, 4) is 0 Å². The molecule has 8 nitrogen and oxygen atoms in total. The van der Waals surface area contributed by atoms with Gasteiger partial charge in [0.05, 0.1) is 10.8 Å². The van der Waals surface area contributed by atoms with Crippen molar-refractivity contribution >= 4 is 40.6 Å². The largest absolute Gasteiger partial charge is 0.457 e. The third-order valence-corrected chi connectivity index (χ3v) is 5.14. The van der Waals surface area contributed by atoms with Gasteiger partial charge in [-0.05, 0) is 36.8 Å². The fourth-order valence-corrected chi connectivity index (χ4v) is 3.26.